The van der Waals surface area contributed by atoms with E-state index < -0.39 is 5.41 Å². The lowest BCUT2D eigenvalue weighted by atomic mass is 9.84. The zero-order valence-corrected chi connectivity index (χ0v) is 31.0. The van der Waals surface area contributed by atoms with Crippen LogP contribution in [0.3, 0.4) is 0 Å². The lowest BCUT2D eigenvalue weighted by Gasteiger charge is -2.26. The van der Waals surface area contributed by atoms with Crippen molar-refractivity contribution in [3.05, 3.63) is 164 Å². The minimum Gasteiger partial charge on any atom is -0.457 e. The van der Waals surface area contributed by atoms with Crippen molar-refractivity contribution in [2.45, 2.75) is 26.2 Å². The maximum Gasteiger partial charge on any atom is 0.181 e. The molecule has 0 fully saturated rings. The highest BCUT2D eigenvalue weighted by molar-refractivity contribution is 6.10. The van der Waals surface area contributed by atoms with Gasteiger partial charge in [-0.25, -0.2) is 15.0 Å². The molecule has 0 unspecified atom stereocenters. The Hall–Kier alpha value is -7.39. The number of pyridine rings is 2. The number of para-hydroxylation sites is 2. The smallest absolute Gasteiger partial charge is 0.181 e. The van der Waals surface area contributed by atoms with Gasteiger partial charge in [0, 0.05) is 63.4 Å². The van der Waals surface area contributed by atoms with E-state index >= 15 is 0 Å². The first-order valence-electron chi connectivity index (χ1n) is 18.5. The summed E-state index contributed by atoms with van der Waals surface area (Å²) in [7, 11) is 0. The van der Waals surface area contributed by atoms with E-state index in [-0.39, 0.29) is 0 Å². The Bertz CT molecular complexity index is 2880. The molecule has 10 rings (SSSR count). The molecule has 0 bridgehead atoms. The van der Waals surface area contributed by atoms with Gasteiger partial charge in [0.1, 0.15) is 34.6 Å². The molecule has 56 heavy (non-hydrogen) atoms. The summed E-state index contributed by atoms with van der Waals surface area (Å²) in [4.78, 5) is 14.0. The molecule has 0 N–H and O–H groups in total. The van der Waals surface area contributed by atoms with Crippen molar-refractivity contribution in [1.82, 2.24) is 34.3 Å². The van der Waals surface area contributed by atoms with Gasteiger partial charge in [0.05, 0.1) is 28.3 Å². The molecular weight excluding hydrogens is 695 g/mol. The van der Waals surface area contributed by atoms with Crippen LogP contribution in [0.2, 0.25) is 0 Å². The quantitative estimate of drug-likeness (QED) is 0.161. The predicted molar refractivity (Wildman–Crippen MR) is 221 cm³/mol. The van der Waals surface area contributed by atoms with Crippen molar-refractivity contribution in [2.75, 3.05) is 0 Å². The van der Waals surface area contributed by atoms with Crippen LogP contribution in [0.15, 0.2) is 158 Å². The number of nitrogens with zero attached hydrogens (tertiary/aromatic N) is 7. The first-order chi connectivity index (χ1) is 27.4. The summed E-state index contributed by atoms with van der Waals surface area (Å²) in [5, 5.41) is 13.0. The highest BCUT2D eigenvalue weighted by Gasteiger charge is 2.28. The van der Waals surface area contributed by atoms with E-state index in [4.69, 9.17) is 19.4 Å². The number of hydrogen-bond acceptors (Lipinski definition) is 7. The molecule has 0 aliphatic carbocycles. The summed E-state index contributed by atoms with van der Waals surface area (Å²) in [6.07, 6.45) is 6.83. The minimum atomic E-state index is -0.404. The maximum absolute atomic E-state index is 6.96. The minimum absolute atomic E-state index is 0.404. The number of ether oxygens (including phenoxy) is 2. The Labute approximate surface area is 322 Å². The average molecular weight is 730 g/mol. The zero-order valence-electron chi connectivity index (χ0n) is 31.0. The Morgan fingerprint density at radius 3 is 1.43 bits per heavy atom. The second kappa shape index (κ2) is 13.2. The molecule has 5 aromatic carbocycles. The number of rotatable bonds is 7. The molecule has 0 saturated heterocycles. The van der Waals surface area contributed by atoms with Crippen LogP contribution < -0.4 is 9.47 Å². The first-order valence-corrected chi connectivity index (χ1v) is 18.5. The van der Waals surface area contributed by atoms with E-state index in [0.717, 1.165) is 60.8 Å². The second-order valence-electron chi connectivity index (χ2n) is 14.7. The van der Waals surface area contributed by atoms with E-state index in [1.165, 1.54) is 0 Å². The molecule has 0 radical (unpaired) electrons. The Balaban J connectivity index is 1.14. The number of hydrogen-bond donors (Lipinski definition) is 0. The topological polar surface area (TPSA) is 92.8 Å². The Morgan fingerprint density at radius 2 is 0.964 bits per heavy atom. The van der Waals surface area contributed by atoms with E-state index in [1.54, 1.807) is 12.4 Å². The van der Waals surface area contributed by atoms with Gasteiger partial charge in [0.2, 0.25) is 0 Å². The van der Waals surface area contributed by atoms with E-state index in [0.29, 0.717) is 34.4 Å². The van der Waals surface area contributed by atoms with Crippen LogP contribution in [0.5, 0.6) is 23.0 Å². The summed E-state index contributed by atoms with van der Waals surface area (Å²) in [5.41, 5.74) is 5.31. The van der Waals surface area contributed by atoms with Crippen molar-refractivity contribution >= 4 is 43.6 Å². The van der Waals surface area contributed by atoms with Crippen LogP contribution in [-0.4, -0.2) is 34.3 Å². The lowest BCUT2D eigenvalue weighted by molar-refractivity contribution is 0.422. The Kier molecular flexibility index (Phi) is 7.81. The van der Waals surface area contributed by atoms with Crippen molar-refractivity contribution in [1.29, 1.82) is 0 Å². The van der Waals surface area contributed by atoms with E-state index in [1.807, 2.05) is 73.1 Å². The predicted octanol–water partition coefficient (Wildman–Crippen LogP) is 11.4. The highest BCUT2D eigenvalue weighted by atomic mass is 16.5. The molecule has 0 aliphatic heterocycles. The fourth-order valence-corrected chi connectivity index (χ4v) is 7.75. The monoisotopic (exact) mass is 729 g/mol. The molecular formula is C47H35N7O2. The first kappa shape index (κ1) is 33.2. The summed E-state index contributed by atoms with van der Waals surface area (Å²) in [6, 6.07) is 45.0. The van der Waals surface area contributed by atoms with E-state index in [9.17, 15) is 0 Å². The van der Waals surface area contributed by atoms with Gasteiger partial charge in [-0.05, 0) is 78.2 Å². The fraction of sp³-hybridized carbons (Fsp3) is 0.0851. The van der Waals surface area contributed by atoms with Gasteiger partial charge in [-0.1, -0.05) is 69.3 Å². The van der Waals surface area contributed by atoms with Crippen molar-refractivity contribution < 1.29 is 9.47 Å². The third kappa shape index (κ3) is 5.68. The van der Waals surface area contributed by atoms with Crippen LogP contribution in [0.1, 0.15) is 26.3 Å². The molecule has 270 valence electrons. The SMILES string of the molecule is CC(C)(C)c1c(Oc2ccc3c4ccccc4n(-c4ccccn4)c3c2)cc(-c2nccnn2)cc1Oc1ccc2c3ccccc3n(-c3ccccn3)c2c1. The molecule has 9 nitrogen and oxygen atoms in total. The fourth-order valence-electron chi connectivity index (χ4n) is 7.75. The van der Waals surface area contributed by atoms with Gasteiger partial charge in [-0.3, -0.25) is 9.13 Å². The van der Waals surface area contributed by atoms with Crippen molar-refractivity contribution in [2.24, 2.45) is 0 Å². The average Bonchev–Trinajstić information content (AvgIpc) is 3.73. The second-order valence-corrected chi connectivity index (χ2v) is 14.7. The third-order valence-corrected chi connectivity index (χ3v) is 10.1. The van der Waals surface area contributed by atoms with Crippen LogP contribution in [0.4, 0.5) is 0 Å². The standard InChI is InChI=1S/C47H35N7O2/c1-47(2,3)45-41(55-31-18-20-35-33-12-4-6-14-37(33)53(39(35)28-31)43-16-8-10-22-48-43)26-30(46-50-24-25-51-52-46)27-42(45)56-32-19-21-36-34-13-5-7-15-38(34)54(40(36)29-32)44-17-9-11-23-49-44/h4-29H,1-3H3. The van der Waals surface area contributed by atoms with Crippen LogP contribution >= 0.6 is 0 Å². The van der Waals surface area contributed by atoms with Crippen molar-refractivity contribution in [3.63, 3.8) is 0 Å². The molecule has 5 heterocycles. The molecule has 9 heteroatoms. The molecule has 5 aromatic heterocycles. The highest BCUT2D eigenvalue weighted by Crippen LogP contribution is 2.46. The van der Waals surface area contributed by atoms with E-state index in [2.05, 4.69) is 118 Å². The van der Waals surface area contributed by atoms with Crippen molar-refractivity contribution in [3.8, 4) is 46.0 Å². The Morgan fingerprint density at radius 1 is 0.464 bits per heavy atom. The molecule has 0 saturated carbocycles. The summed E-state index contributed by atoms with van der Waals surface area (Å²) in [6.45, 7) is 6.48. The normalized spacial score (nSPS) is 11.8. The molecule has 0 amide bonds. The van der Waals surface area contributed by atoms with Crippen LogP contribution in [0, 0.1) is 0 Å². The molecule has 10 aromatic rings. The van der Waals surface area contributed by atoms with Crippen LogP contribution in [0.25, 0.3) is 66.6 Å². The zero-order chi connectivity index (χ0) is 37.8. The maximum atomic E-state index is 6.96. The summed E-state index contributed by atoms with van der Waals surface area (Å²) < 4.78 is 18.3. The largest absolute Gasteiger partial charge is 0.457 e. The molecule has 0 aliphatic rings. The third-order valence-electron chi connectivity index (χ3n) is 10.1. The van der Waals surface area contributed by atoms with Crippen LogP contribution in [-0.2, 0) is 5.41 Å². The number of fused-ring (bicyclic) bond motifs is 6. The molecule has 0 atom stereocenters. The lowest BCUT2D eigenvalue weighted by Crippen LogP contribution is -2.14. The van der Waals surface area contributed by atoms with Gasteiger partial charge in [-0.15, -0.1) is 5.10 Å². The van der Waals surface area contributed by atoms with Gasteiger partial charge < -0.3 is 9.47 Å². The summed E-state index contributed by atoms with van der Waals surface area (Å²) >= 11 is 0. The van der Waals surface area contributed by atoms with Gasteiger partial charge in [-0.2, -0.15) is 5.10 Å². The van der Waals surface area contributed by atoms with Gasteiger partial charge in [0.15, 0.2) is 5.82 Å². The van der Waals surface area contributed by atoms with Gasteiger partial charge >= 0.3 is 0 Å². The summed E-state index contributed by atoms with van der Waals surface area (Å²) in [5.74, 6) is 4.70. The number of aromatic nitrogens is 7. The number of benzene rings is 5. The molecule has 0 spiro atoms. The van der Waals surface area contributed by atoms with Gasteiger partial charge in [0.25, 0.3) is 0 Å².